The molecule has 1 unspecified atom stereocenters. The van der Waals surface area contributed by atoms with Crippen LogP contribution in [-0.4, -0.2) is 43.0 Å². The molecule has 0 saturated carbocycles. The Bertz CT molecular complexity index is 1590. The number of ether oxygens (including phenoxy) is 2. The molecule has 0 fully saturated rings. The molecule has 0 aliphatic heterocycles. The van der Waals surface area contributed by atoms with E-state index in [4.69, 9.17) is 25.5 Å². The summed E-state index contributed by atoms with van der Waals surface area (Å²) in [5, 5.41) is 4.34. The Kier molecular flexibility index (Phi) is 9.19. The Morgan fingerprint density at radius 2 is 1.73 bits per heavy atom. The molecule has 0 aliphatic rings. The maximum Gasteiger partial charge on any atom is 0.257 e. The van der Waals surface area contributed by atoms with Crippen molar-refractivity contribution >= 4 is 28.4 Å². The quantitative estimate of drug-likeness (QED) is 0.186. The lowest BCUT2D eigenvalue weighted by Gasteiger charge is -2.22. The first-order valence-corrected chi connectivity index (χ1v) is 13.8. The molecule has 1 atom stereocenters. The van der Waals surface area contributed by atoms with Crippen molar-refractivity contribution in [1.29, 1.82) is 0 Å². The molecule has 5 aromatic rings. The van der Waals surface area contributed by atoms with Crippen molar-refractivity contribution in [2.75, 3.05) is 27.2 Å². The zero-order chi connectivity index (χ0) is 28.6. The molecule has 0 bridgehead atoms. The fraction of sp³-hybridized carbons (Fsp3) is 0.212. The fourth-order valence-electron chi connectivity index (χ4n) is 4.61. The summed E-state index contributed by atoms with van der Waals surface area (Å²) in [6, 6.07) is 28.7. The second-order valence-electron chi connectivity index (χ2n) is 9.95. The normalized spacial score (nSPS) is 11.9. The Balaban J connectivity index is 1.49. The summed E-state index contributed by atoms with van der Waals surface area (Å²) in [6.07, 6.45) is 1.72. The Morgan fingerprint density at radius 1 is 0.976 bits per heavy atom. The molecular formula is C33H32ClN3O4. The van der Waals surface area contributed by atoms with E-state index >= 15 is 0 Å². The van der Waals surface area contributed by atoms with E-state index in [1.807, 2.05) is 110 Å². The summed E-state index contributed by atoms with van der Waals surface area (Å²) in [7, 11) is 3.97. The van der Waals surface area contributed by atoms with Crippen molar-refractivity contribution in [3.05, 3.63) is 125 Å². The van der Waals surface area contributed by atoms with Crippen molar-refractivity contribution < 1.29 is 18.7 Å². The van der Waals surface area contributed by atoms with E-state index in [1.54, 1.807) is 6.20 Å². The van der Waals surface area contributed by atoms with Gasteiger partial charge >= 0.3 is 0 Å². The van der Waals surface area contributed by atoms with Crippen LogP contribution in [0.3, 0.4) is 0 Å². The van der Waals surface area contributed by atoms with Crippen LogP contribution < -0.4 is 14.8 Å². The third kappa shape index (κ3) is 7.25. The minimum atomic E-state index is -0.402. The fourth-order valence-corrected chi connectivity index (χ4v) is 4.88. The summed E-state index contributed by atoms with van der Waals surface area (Å²) >= 11 is 6.80. The maximum atomic E-state index is 12.9. The number of nitrogens with one attached hydrogen (secondary N) is 1. The van der Waals surface area contributed by atoms with E-state index in [0.717, 1.165) is 22.3 Å². The van der Waals surface area contributed by atoms with Crippen molar-refractivity contribution in [2.45, 2.75) is 19.1 Å². The first-order chi connectivity index (χ1) is 20.0. The van der Waals surface area contributed by atoms with Crippen LogP contribution in [0, 0.1) is 0 Å². The van der Waals surface area contributed by atoms with E-state index in [0.29, 0.717) is 41.0 Å². The number of aromatic nitrogens is 1. The van der Waals surface area contributed by atoms with Gasteiger partial charge in [-0.2, -0.15) is 0 Å². The van der Waals surface area contributed by atoms with Gasteiger partial charge in [-0.3, -0.25) is 9.78 Å². The van der Waals surface area contributed by atoms with Gasteiger partial charge in [0, 0.05) is 23.7 Å². The first-order valence-electron chi connectivity index (χ1n) is 13.4. The van der Waals surface area contributed by atoms with Crippen molar-refractivity contribution in [1.82, 2.24) is 15.2 Å². The van der Waals surface area contributed by atoms with Gasteiger partial charge in [0.15, 0.2) is 6.61 Å². The molecule has 41 heavy (non-hydrogen) atoms. The van der Waals surface area contributed by atoms with Gasteiger partial charge in [0.25, 0.3) is 5.91 Å². The number of para-hydroxylation sites is 1. The number of fused-ring (bicyclic) bond motifs is 1. The van der Waals surface area contributed by atoms with Gasteiger partial charge in [0.2, 0.25) is 0 Å². The van der Waals surface area contributed by atoms with Crippen LogP contribution in [-0.2, 0) is 17.9 Å². The Hall–Kier alpha value is -4.33. The molecule has 1 N–H and O–H groups in total. The van der Waals surface area contributed by atoms with Crippen molar-refractivity contribution in [3.8, 4) is 11.5 Å². The molecule has 8 heteroatoms. The van der Waals surface area contributed by atoms with Gasteiger partial charge in [-0.25, -0.2) is 0 Å². The van der Waals surface area contributed by atoms with Gasteiger partial charge in [-0.05, 0) is 62.1 Å². The SMILES string of the molecule is CN(C)Cc1ccc(C(CNC(=O)COc2ccccc2)c2cc(Cl)c3cccnc3c2OCc2ccccc2)o1. The van der Waals surface area contributed by atoms with E-state index in [2.05, 4.69) is 10.3 Å². The van der Waals surface area contributed by atoms with Crippen LogP contribution in [0.25, 0.3) is 10.9 Å². The average Bonchev–Trinajstić information content (AvgIpc) is 3.44. The van der Waals surface area contributed by atoms with Crippen LogP contribution in [0.4, 0.5) is 0 Å². The van der Waals surface area contributed by atoms with E-state index < -0.39 is 5.92 Å². The summed E-state index contributed by atoms with van der Waals surface area (Å²) in [4.78, 5) is 19.5. The summed E-state index contributed by atoms with van der Waals surface area (Å²) in [6.45, 7) is 1.11. The third-order valence-electron chi connectivity index (χ3n) is 6.54. The number of rotatable bonds is 12. The molecule has 5 rings (SSSR count). The number of hydrogen-bond donors (Lipinski definition) is 1. The maximum absolute atomic E-state index is 12.9. The lowest BCUT2D eigenvalue weighted by atomic mass is 9.93. The number of carbonyl (C=O) groups is 1. The first kappa shape index (κ1) is 28.2. The molecular weight excluding hydrogens is 538 g/mol. The monoisotopic (exact) mass is 569 g/mol. The second-order valence-corrected chi connectivity index (χ2v) is 10.4. The molecule has 1 amide bonds. The molecule has 0 radical (unpaired) electrons. The van der Waals surface area contributed by atoms with E-state index in [-0.39, 0.29) is 19.1 Å². The number of carbonyl (C=O) groups excluding carboxylic acids is 1. The van der Waals surface area contributed by atoms with E-state index in [9.17, 15) is 4.79 Å². The van der Waals surface area contributed by atoms with Gasteiger partial charge in [-0.1, -0.05) is 60.1 Å². The minimum absolute atomic E-state index is 0.113. The van der Waals surface area contributed by atoms with Gasteiger partial charge in [-0.15, -0.1) is 0 Å². The third-order valence-corrected chi connectivity index (χ3v) is 6.85. The second kappa shape index (κ2) is 13.4. The molecule has 2 heterocycles. The highest BCUT2D eigenvalue weighted by Gasteiger charge is 2.26. The van der Waals surface area contributed by atoms with Crippen LogP contribution in [0.15, 0.2) is 102 Å². The number of benzene rings is 3. The van der Waals surface area contributed by atoms with Crippen molar-refractivity contribution in [2.24, 2.45) is 0 Å². The zero-order valence-corrected chi connectivity index (χ0v) is 23.8. The minimum Gasteiger partial charge on any atom is -0.486 e. The lowest BCUT2D eigenvalue weighted by molar-refractivity contribution is -0.123. The number of hydrogen-bond acceptors (Lipinski definition) is 6. The average molecular weight is 570 g/mol. The van der Waals surface area contributed by atoms with Crippen molar-refractivity contribution in [3.63, 3.8) is 0 Å². The van der Waals surface area contributed by atoms with Crippen LogP contribution in [0.5, 0.6) is 11.5 Å². The summed E-state index contributed by atoms with van der Waals surface area (Å²) < 4.78 is 18.4. The van der Waals surface area contributed by atoms with Crippen LogP contribution in [0.1, 0.15) is 28.6 Å². The Morgan fingerprint density at radius 3 is 2.49 bits per heavy atom. The molecule has 210 valence electrons. The zero-order valence-electron chi connectivity index (χ0n) is 23.0. The van der Waals surface area contributed by atoms with E-state index in [1.165, 1.54) is 0 Å². The summed E-state index contributed by atoms with van der Waals surface area (Å²) in [5.74, 6) is 2.06. The topological polar surface area (TPSA) is 76.8 Å². The van der Waals surface area contributed by atoms with Crippen LogP contribution >= 0.6 is 11.6 Å². The van der Waals surface area contributed by atoms with Gasteiger partial charge in [0.05, 0.1) is 17.5 Å². The number of pyridine rings is 1. The van der Waals surface area contributed by atoms with Crippen LogP contribution in [0.2, 0.25) is 5.02 Å². The molecule has 7 nitrogen and oxygen atoms in total. The molecule has 3 aromatic carbocycles. The Labute approximate surface area is 244 Å². The number of furan rings is 1. The predicted octanol–water partition coefficient (Wildman–Crippen LogP) is 6.45. The highest BCUT2D eigenvalue weighted by atomic mass is 35.5. The van der Waals surface area contributed by atoms with Gasteiger partial charge < -0.3 is 24.1 Å². The number of nitrogens with zero attached hydrogens (tertiary/aromatic N) is 2. The largest absolute Gasteiger partial charge is 0.486 e. The molecule has 0 saturated heterocycles. The smallest absolute Gasteiger partial charge is 0.257 e. The summed E-state index contributed by atoms with van der Waals surface area (Å²) in [5.41, 5.74) is 2.44. The molecule has 2 aromatic heterocycles. The standard InChI is InChI=1S/C33H32ClN3O4/c1-37(2)20-25-15-16-30(41-25)28(19-36-31(38)22-39-24-12-7-4-8-13-24)27-18-29(34)26-14-9-17-35-32(26)33(27)40-21-23-10-5-3-6-11-23/h3-18,28H,19-22H2,1-2H3,(H,36,38). The molecule has 0 aliphatic carbocycles. The number of amides is 1. The van der Waals surface area contributed by atoms with Gasteiger partial charge in [0.1, 0.15) is 35.1 Å². The predicted molar refractivity (Wildman–Crippen MR) is 160 cm³/mol. The highest BCUT2D eigenvalue weighted by molar-refractivity contribution is 6.35. The molecule has 0 spiro atoms. The number of halogens is 1. The highest BCUT2D eigenvalue weighted by Crippen LogP contribution is 2.41. The lowest BCUT2D eigenvalue weighted by Crippen LogP contribution is -2.33.